The molecule has 3 N–H and O–H groups in total. The lowest BCUT2D eigenvalue weighted by Crippen LogP contribution is -2.63. The number of likely N-dealkylation sites (tertiary alicyclic amines) is 1. The molecule has 0 radical (unpaired) electrons. The number of hydrogen-bond acceptors (Lipinski definition) is 5. The van der Waals surface area contributed by atoms with Gasteiger partial charge in [0.15, 0.2) is 0 Å². The van der Waals surface area contributed by atoms with Crippen LogP contribution in [0.1, 0.15) is 58.4 Å². The molecular weight excluding hydrogens is 530 g/mol. The van der Waals surface area contributed by atoms with Crippen molar-refractivity contribution in [3.8, 4) is 0 Å². The van der Waals surface area contributed by atoms with Gasteiger partial charge >= 0.3 is 12.4 Å². The van der Waals surface area contributed by atoms with Crippen LogP contribution in [0.2, 0.25) is 0 Å². The first-order chi connectivity index (χ1) is 18.2. The minimum Gasteiger partial charge on any atom is -0.385 e. The number of amides is 2. The van der Waals surface area contributed by atoms with Gasteiger partial charge in [0.1, 0.15) is 0 Å². The summed E-state index contributed by atoms with van der Waals surface area (Å²) in [5.74, 6) is -2.10. The predicted octanol–water partition coefficient (Wildman–Crippen LogP) is 3.79. The number of nitrogens with zero attached hydrogens (tertiary/aromatic N) is 2. The number of alkyl halides is 6. The monoisotopic (exact) mass is 558 g/mol. The second-order valence-corrected chi connectivity index (χ2v) is 10.1. The second kappa shape index (κ2) is 10.8. The van der Waals surface area contributed by atoms with Gasteiger partial charge in [-0.1, -0.05) is 6.07 Å². The number of aryl methyl sites for hydroxylation is 1. The summed E-state index contributed by atoms with van der Waals surface area (Å²) in [7, 11) is 0. The lowest BCUT2D eigenvalue weighted by molar-refractivity contribution is -0.141. The van der Waals surface area contributed by atoms with Gasteiger partial charge in [0.05, 0.1) is 34.9 Å². The van der Waals surface area contributed by atoms with E-state index in [1.807, 2.05) is 24.4 Å². The molecule has 13 heteroatoms. The summed E-state index contributed by atoms with van der Waals surface area (Å²) in [6.07, 6.45) is -5.67. The number of benzene rings is 1. The summed E-state index contributed by atoms with van der Waals surface area (Å²) in [6.45, 7) is 2.24. The summed E-state index contributed by atoms with van der Waals surface area (Å²) >= 11 is 0. The maximum atomic E-state index is 13.2. The molecule has 2 aliphatic rings. The molecule has 2 aromatic rings. The molecule has 39 heavy (non-hydrogen) atoms. The van der Waals surface area contributed by atoms with E-state index in [0.717, 1.165) is 24.1 Å². The zero-order valence-corrected chi connectivity index (χ0v) is 21.0. The molecule has 7 nitrogen and oxygen atoms in total. The normalized spacial score (nSPS) is 22.7. The van der Waals surface area contributed by atoms with Crippen molar-refractivity contribution in [2.75, 3.05) is 19.6 Å². The van der Waals surface area contributed by atoms with Gasteiger partial charge in [0.25, 0.3) is 5.91 Å². The van der Waals surface area contributed by atoms with E-state index in [4.69, 9.17) is 0 Å². The van der Waals surface area contributed by atoms with Crippen molar-refractivity contribution in [1.82, 2.24) is 20.5 Å². The summed E-state index contributed by atoms with van der Waals surface area (Å²) in [4.78, 5) is 31.0. The summed E-state index contributed by atoms with van der Waals surface area (Å²) in [6, 6.07) is 4.30. The van der Waals surface area contributed by atoms with E-state index in [1.165, 1.54) is 0 Å². The third-order valence-electron chi connectivity index (χ3n) is 7.33. The third kappa shape index (κ3) is 6.70. The molecule has 0 unspecified atom stereocenters. The number of carbonyl (C=O) groups is 2. The van der Waals surface area contributed by atoms with E-state index in [2.05, 4.69) is 15.2 Å². The van der Waals surface area contributed by atoms with E-state index in [9.17, 15) is 41.0 Å². The van der Waals surface area contributed by atoms with Crippen LogP contribution < -0.4 is 10.6 Å². The molecule has 1 saturated carbocycles. The Morgan fingerprint density at radius 2 is 1.72 bits per heavy atom. The SMILES string of the molecule is Cc1ccc([C@]2(O)CC[C@H](N3CC(NC(=O)CNC(=O)c4cc(C(F)(F)F)ccc4C(F)(F)F)C3)CC2)cn1. The number of rotatable bonds is 6. The highest BCUT2D eigenvalue weighted by Crippen LogP contribution is 2.39. The van der Waals surface area contributed by atoms with Gasteiger partial charge in [0, 0.05) is 36.6 Å². The maximum Gasteiger partial charge on any atom is 0.417 e. The van der Waals surface area contributed by atoms with E-state index in [1.54, 1.807) is 6.20 Å². The zero-order valence-electron chi connectivity index (χ0n) is 21.0. The first kappa shape index (κ1) is 28.8. The molecule has 2 heterocycles. The Bertz CT molecular complexity index is 1200. The lowest BCUT2D eigenvalue weighted by Gasteiger charge is -2.48. The summed E-state index contributed by atoms with van der Waals surface area (Å²) in [5.41, 5.74) is -3.42. The molecule has 2 amide bonds. The van der Waals surface area contributed by atoms with Crippen molar-refractivity contribution < 1.29 is 41.0 Å². The first-order valence-electron chi connectivity index (χ1n) is 12.4. The van der Waals surface area contributed by atoms with Gasteiger partial charge in [-0.2, -0.15) is 26.3 Å². The van der Waals surface area contributed by atoms with Crippen molar-refractivity contribution in [2.24, 2.45) is 0 Å². The van der Waals surface area contributed by atoms with E-state index in [-0.39, 0.29) is 30.3 Å². The number of pyridine rings is 1. The highest BCUT2D eigenvalue weighted by molar-refractivity contribution is 5.98. The van der Waals surface area contributed by atoms with Crippen LogP contribution in [0.25, 0.3) is 0 Å². The van der Waals surface area contributed by atoms with Crippen molar-refractivity contribution in [3.05, 3.63) is 64.5 Å². The largest absolute Gasteiger partial charge is 0.417 e. The molecule has 4 rings (SSSR count). The molecule has 2 fully saturated rings. The maximum absolute atomic E-state index is 13.2. The van der Waals surface area contributed by atoms with Gasteiger partial charge in [-0.3, -0.25) is 19.5 Å². The Morgan fingerprint density at radius 1 is 1.05 bits per heavy atom. The molecule has 1 saturated heterocycles. The summed E-state index contributed by atoms with van der Waals surface area (Å²) < 4.78 is 78.6. The standard InChI is InChI=1S/C26H28F6N4O3/c1-15-2-3-17(11-33-15)24(39)8-6-19(7-9-24)36-13-18(14-36)35-22(37)12-34-23(38)20-10-16(25(27,28)29)4-5-21(20)26(30,31)32/h2-5,10-11,18-19,39H,6-9,12-14H2,1H3,(H,34,38)(H,35,37)/t19-,24-. The molecule has 0 atom stereocenters. The fraction of sp³-hybridized carbons (Fsp3) is 0.500. The van der Waals surface area contributed by atoms with Gasteiger partial charge in [-0.25, -0.2) is 0 Å². The van der Waals surface area contributed by atoms with Crippen LogP contribution in [0.5, 0.6) is 0 Å². The van der Waals surface area contributed by atoms with Gasteiger partial charge in [-0.05, 0) is 56.9 Å². The number of hydrogen-bond donors (Lipinski definition) is 3. The van der Waals surface area contributed by atoms with Crippen molar-refractivity contribution >= 4 is 11.8 Å². The molecule has 1 aliphatic heterocycles. The fourth-order valence-corrected chi connectivity index (χ4v) is 5.07. The Labute approximate surface area is 220 Å². The molecular formula is C26H28F6N4O3. The van der Waals surface area contributed by atoms with Crippen LogP contribution >= 0.6 is 0 Å². The van der Waals surface area contributed by atoms with Crippen LogP contribution in [-0.2, 0) is 22.7 Å². The Balaban J connectivity index is 1.24. The zero-order chi connectivity index (χ0) is 28.6. The number of aliphatic hydroxyl groups is 1. The third-order valence-corrected chi connectivity index (χ3v) is 7.33. The van der Waals surface area contributed by atoms with E-state index >= 15 is 0 Å². The Kier molecular flexibility index (Phi) is 7.95. The van der Waals surface area contributed by atoms with Gasteiger partial charge in [-0.15, -0.1) is 0 Å². The number of aromatic nitrogens is 1. The van der Waals surface area contributed by atoms with E-state index in [0.29, 0.717) is 25.9 Å². The van der Waals surface area contributed by atoms with Crippen molar-refractivity contribution in [2.45, 2.75) is 62.6 Å². The van der Waals surface area contributed by atoms with Gasteiger partial charge < -0.3 is 15.7 Å². The Morgan fingerprint density at radius 3 is 2.28 bits per heavy atom. The minimum atomic E-state index is -5.06. The minimum absolute atomic E-state index is 0.125. The van der Waals surface area contributed by atoms with Crippen LogP contribution in [0.15, 0.2) is 36.5 Å². The molecule has 1 aromatic carbocycles. The molecule has 0 spiro atoms. The van der Waals surface area contributed by atoms with Crippen molar-refractivity contribution in [1.29, 1.82) is 0 Å². The smallest absolute Gasteiger partial charge is 0.385 e. The lowest BCUT2D eigenvalue weighted by atomic mass is 9.77. The molecule has 1 aromatic heterocycles. The fourth-order valence-electron chi connectivity index (χ4n) is 5.07. The average Bonchev–Trinajstić information content (AvgIpc) is 2.84. The quantitative estimate of drug-likeness (QED) is 0.470. The van der Waals surface area contributed by atoms with Crippen LogP contribution in [-0.4, -0.2) is 58.5 Å². The second-order valence-electron chi connectivity index (χ2n) is 10.1. The van der Waals surface area contributed by atoms with Crippen LogP contribution in [0.3, 0.4) is 0 Å². The van der Waals surface area contributed by atoms with Crippen molar-refractivity contribution in [3.63, 3.8) is 0 Å². The van der Waals surface area contributed by atoms with E-state index < -0.39 is 53.0 Å². The molecule has 0 bridgehead atoms. The van der Waals surface area contributed by atoms with Crippen LogP contribution in [0.4, 0.5) is 26.3 Å². The van der Waals surface area contributed by atoms with Gasteiger partial charge in [0.2, 0.25) is 5.91 Å². The Hall–Kier alpha value is -3.19. The molecule has 212 valence electrons. The summed E-state index contributed by atoms with van der Waals surface area (Å²) in [5, 5.41) is 15.7. The first-order valence-corrected chi connectivity index (χ1v) is 12.4. The topological polar surface area (TPSA) is 94.6 Å². The highest BCUT2D eigenvalue weighted by atomic mass is 19.4. The number of carbonyl (C=O) groups excluding carboxylic acids is 2. The predicted molar refractivity (Wildman–Crippen MR) is 127 cm³/mol. The van der Waals surface area contributed by atoms with Crippen LogP contribution in [0, 0.1) is 6.92 Å². The number of halogens is 6. The highest BCUT2D eigenvalue weighted by Gasteiger charge is 2.41. The average molecular weight is 559 g/mol. The number of nitrogens with one attached hydrogen (secondary N) is 2. The molecule has 1 aliphatic carbocycles.